The molecule has 3 aromatic rings. The normalized spacial score (nSPS) is 18.0. The van der Waals surface area contributed by atoms with Gasteiger partial charge in [-0.15, -0.1) is 0 Å². The van der Waals surface area contributed by atoms with E-state index in [-0.39, 0.29) is 55.1 Å². The topological polar surface area (TPSA) is 194 Å². The minimum Gasteiger partial charge on any atom is -0.365 e. The average molecular weight is 656 g/mol. The lowest BCUT2D eigenvalue weighted by Gasteiger charge is -2.37. The minimum absolute atomic E-state index is 0.00620. The van der Waals surface area contributed by atoms with Crippen LogP contribution >= 0.6 is 23.2 Å². The summed E-state index contributed by atoms with van der Waals surface area (Å²) in [4.78, 5) is 25.9. The van der Waals surface area contributed by atoms with Crippen LogP contribution in [0.3, 0.4) is 0 Å². The van der Waals surface area contributed by atoms with Gasteiger partial charge in [0.15, 0.2) is 0 Å². The number of fused-ring (bicyclic) bond motifs is 2. The summed E-state index contributed by atoms with van der Waals surface area (Å²) in [6, 6.07) is 12.7. The standard InChI is InChI=1S/C16H16ClN3O3S.C10H12ClN3O3S/c1-9-5-3-4-6-14(9)20-10(2)19-13-8-12(17)15(24(18,22)23)7-11(13)16(20)21;1-2-9-13-7-4-6(11)8(18(12,16)17)3-5(7)10(15)14-9/h3-8,10,19H,1-2H3,(H2,18,22,23);3-4,9,13H,2H2,1H3,(H,14,15)(H2,12,16,17). The van der Waals surface area contributed by atoms with Crippen molar-refractivity contribution in [1.82, 2.24) is 5.32 Å². The number of anilines is 3. The number of halogens is 2. The molecule has 0 aromatic heterocycles. The number of primary sulfonamides is 2. The maximum atomic E-state index is 13.0. The number of rotatable bonds is 4. The van der Waals surface area contributed by atoms with Crippen LogP contribution in [0.1, 0.15) is 46.5 Å². The maximum absolute atomic E-state index is 13.0. The summed E-state index contributed by atoms with van der Waals surface area (Å²) in [6.45, 7) is 5.65. The number of nitrogens with one attached hydrogen (secondary N) is 3. The van der Waals surface area contributed by atoms with E-state index in [9.17, 15) is 26.4 Å². The second kappa shape index (κ2) is 11.7. The summed E-state index contributed by atoms with van der Waals surface area (Å²) in [5.41, 5.74) is 3.10. The van der Waals surface area contributed by atoms with E-state index in [1.165, 1.54) is 24.3 Å². The number of amides is 2. The van der Waals surface area contributed by atoms with Crippen molar-refractivity contribution < 1.29 is 26.4 Å². The molecule has 2 amide bonds. The number of aryl methyl sites for hydroxylation is 1. The smallest absolute Gasteiger partial charge is 0.262 e. The zero-order valence-electron chi connectivity index (χ0n) is 22.6. The van der Waals surface area contributed by atoms with Crippen LogP contribution in [-0.2, 0) is 20.0 Å². The molecular formula is C26H28Cl2N6O6S2. The molecule has 2 heterocycles. The van der Waals surface area contributed by atoms with Crippen LogP contribution in [0.15, 0.2) is 58.3 Å². The maximum Gasteiger partial charge on any atom is 0.262 e. The Hall–Kier alpha value is -3.40. The summed E-state index contributed by atoms with van der Waals surface area (Å²) in [7, 11) is -7.97. The molecule has 7 N–H and O–H groups in total. The SMILES string of the molecule is CCC1NC(=O)c2cc(S(N)(=O)=O)c(Cl)cc2N1.Cc1ccccc1N1C(=O)c2cc(S(N)(=O)=O)c(Cl)cc2NC1C. The van der Waals surface area contributed by atoms with Crippen LogP contribution < -0.4 is 31.1 Å². The molecule has 2 aliphatic rings. The molecule has 16 heteroatoms. The number of nitrogens with zero attached hydrogens (tertiary/aromatic N) is 1. The number of benzene rings is 3. The molecule has 12 nitrogen and oxygen atoms in total. The first kappa shape index (κ1) is 31.5. The quantitative estimate of drug-likeness (QED) is 0.281. The highest BCUT2D eigenvalue weighted by molar-refractivity contribution is 7.89. The van der Waals surface area contributed by atoms with Gasteiger partial charge in [-0.25, -0.2) is 27.1 Å². The summed E-state index contributed by atoms with van der Waals surface area (Å²) < 4.78 is 45.9. The van der Waals surface area contributed by atoms with Crippen LogP contribution in [0.25, 0.3) is 0 Å². The Morgan fingerprint density at radius 3 is 1.88 bits per heavy atom. The Balaban J connectivity index is 0.000000201. The van der Waals surface area contributed by atoms with Gasteiger partial charge in [0.2, 0.25) is 20.0 Å². The molecule has 224 valence electrons. The Bertz CT molecular complexity index is 1820. The van der Waals surface area contributed by atoms with E-state index in [2.05, 4.69) is 16.0 Å². The monoisotopic (exact) mass is 654 g/mol. The zero-order valence-corrected chi connectivity index (χ0v) is 25.7. The molecule has 2 aliphatic heterocycles. The molecule has 2 unspecified atom stereocenters. The highest BCUT2D eigenvalue weighted by atomic mass is 35.5. The number of carbonyl (C=O) groups excluding carboxylic acids is 2. The van der Waals surface area contributed by atoms with E-state index in [4.69, 9.17) is 33.5 Å². The van der Waals surface area contributed by atoms with Crippen molar-refractivity contribution in [3.63, 3.8) is 0 Å². The highest BCUT2D eigenvalue weighted by Gasteiger charge is 2.33. The number of hydrogen-bond acceptors (Lipinski definition) is 8. The molecule has 2 atom stereocenters. The van der Waals surface area contributed by atoms with Crippen molar-refractivity contribution >= 4 is 72.1 Å². The predicted octanol–water partition coefficient (Wildman–Crippen LogP) is 3.59. The molecule has 3 aromatic carbocycles. The molecule has 0 saturated heterocycles. The van der Waals surface area contributed by atoms with Crippen LogP contribution in [-0.4, -0.2) is 41.0 Å². The number of hydrogen-bond donors (Lipinski definition) is 5. The minimum atomic E-state index is -4.02. The first-order chi connectivity index (χ1) is 19.5. The van der Waals surface area contributed by atoms with Crippen LogP contribution in [0.4, 0.5) is 17.1 Å². The molecule has 0 saturated carbocycles. The number of nitrogens with two attached hydrogens (primary N) is 2. The Labute approximate surface area is 253 Å². The predicted molar refractivity (Wildman–Crippen MR) is 162 cm³/mol. The molecular weight excluding hydrogens is 627 g/mol. The van der Waals surface area contributed by atoms with Crippen LogP contribution in [0.5, 0.6) is 0 Å². The second-order valence-corrected chi connectivity index (χ2v) is 13.5. The lowest BCUT2D eigenvalue weighted by Crippen LogP contribution is -2.47. The van der Waals surface area contributed by atoms with E-state index < -0.39 is 20.0 Å². The second-order valence-electron chi connectivity index (χ2n) is 9.61. The molecule has 0 aliphatic carbocycles. The third-order valence-corrected chi connectivity index (χ3v) is 9.37. The zero-order chi connectivity index (χ0) is 31.1. The van der Waals surface area contributed by atoms with Crippen LogP contribution in [0, 0.1) is 6.92 Å². The molecule has 42 heavy (non-hydrogen) atoms. The van der Waals surface area contributed by atoms with Crippen molar-refractivity contribution in [3.05, 3.63) is 75.3 Å². The van der Waals surface area contributed by atoms with Gasteiger partial charge in [-0.2, -0.15) is 0 Å². The van der Waals surface area contributed by atoms with Gasteiger partial charge in [0.05, 0.1) is 38.7 Å². The van der Waals surface area contributed by atoms with E-state index in [1.54, 1.807) is 4.90 Å². The fourth-order valence-corrected chi connectivity index (χ4v) is 6.76. The van der Waals surface area contributed by atoms with Crippen molar-refractivity contribution in [2.75, 3.05) is 15.5 Å². The van der Waals surface area contributed by atoms with Crippen molar-refractivity contribution in [1.29, 1.82) is 0 Å². The molecule has 0 spiro atoms. The Morgan fingerprint density at radius 1 is 0.833 bits per heavy atom. The largest absolute Gasteiger partial charge is 0.365 e. The van der Waals surface area contributed by atoms with Gasteiger partial charge in [-0.3, -0.25) is 14.5 Å². The summed E-state index contributed by atoms with van der Waals surface area (Å²) in [5.74, 6) is -0.663. The van der Waals surface area contributed by atoms with Gasteiger partial charge >= 0.3 is 0 Å². The summed E-state index contributed by atoms with van der Waals surface area (Å²) >= 11 is 11.8. The highest BCUT2D eigenvalue weighted by Crippen LogP contribution is 2.35. The number of carbonyl (C=O) groups is 2. The summed E-state index contributed by atoms with van der Waals surface area (Å²) in [5, 5.41) is 19.1. The van der Waals surface area contributed by atoms with E-state index in [1.807, 2.05) is 45.0 Å². The van der Waals surface area contributed by atoms with Gasteiger partial charge in [0.1, 0.15) is 16.0 Å². The van der Waals surface area contributed by atoms with Gasteiger partial charge < -0.3 is 16.0 Å². The third-order valence-electron chi connectivity index (χ3n) is 6.62. The van der Waals surface area contributed by atoms with Crippen molar-refractivity contribution in [2.45, 2.75) is 49.3 Å². The Kier molecular flexibility index (Phi) is 8.79. The number of sulfonamides is 2. The average Bonchev–Trinajstić information content (AvgIpc) is 2.88. The van der Waals surface area contributed by atoms with Crippen LogP contribution in [0.2, 0.25) is 10.0 Å². The summed E-state index contributed by atoms with van der Waals surface area (Å²) in [6.07, 6.45) is 0.184. The van der Waals surface area contributed by atoms with E-state index >= 15 is 0 Å². The molecule has 5 rings (SSSR count). The van der Waals surface area contributed by atoms with Gasteiger partial charge in [0, 0.05) is 5.69 Å². The first-order valence-corrected chi connectivity index (χ1v) is 16.3. The first-order valence-electron chi connectivity index (χ1n) is 12.5. The lowest BCUT2D eigenvalue weighted by atomic mass is 10.1. The lowest BCUT2D eigenvalue weighted by molar-refractivity contribution is 0.0933. The fraction of sp³-hybridized carbons (Fsp3) is 0.231. The third kappa shape index (κ3) is 6.33. The van der Waals surface area contributed by atoms with Crippen molar-refractivity contribution in [3.8, 4) is 0 Å². The van der Waals surface area contributed by atoms with Gasteiger partial charge in [-0.05, 0) is 56.2 Å². The van der Waals surface area contributed by atoms with E-state index in [0.29, 0.717) is 17.8 Å². The molecule has 0 radical (unpaired) electrons. The van der Waals surface area contributed by atoms with Crippen molar-refractivity contribution in [2.24, 2.45) is 10.3 Å². The molecule has 0 bridgehead atoms. The van der Waals surface area contributed by atoms with E-state index in [0.717, 1.165) is 11.3 Å². The fourth-order valence-electron chi connectivity index (χ4n) is 4.56. The molecule has 0 fully saturated rings. The Morgan fingerprint density at radius 2 is 1.36 bits per heavy atom. The number of para-hydroxylation sites is 1. The van der Waals surface area contributed by atoms with Gasteiger partial charge in [0.25, 0.3) is 11.8 Å². The van der Waals surface area contributed by atoms with Gasteiger partial charge in [-0.1, -0.05) is 48.3 Å².